The van der Waals surface area contributed by atoms with Gasteiger partial charge in [-0.1, -0.05) is 115 Å². The van der Waals surface area contributed by atoms with Crippen molar-refractivity contribution >= 4 is 27.8 Å². The van der Waals surface area contributed by atoms with Crippen LogP contribution in [0.3, 0.4) is 0 Å². The van der Waals surface area contributed by atoms with Crippen LogP contribution in [-0.2, 0) is 17.8 Å². The monoisotopic (exact) mass is 450 g/mol. The van der Waals surface area contributed by atoms with Crippen LogP contribution in [0, 0.1) is 0 Å². The highest BCUT2D eigenvalue weighted by Crippen LogP contribution is 2.13. The molecule has 0 amide bonds. The van der Waals surface area contributed by atoms with Crippen molar-refractivity contribution in [2.45, 2.75) is 110 Å². The molecule has 0 aliphatic rings. The largest absolute Gasteiger partial charge is 0.886 e. The summed E-state index contributed by atoms with van der Waals surface area (Å²) < 4.78 is 10.1. The second kappa shape index (κ2) is 21.9. The summed E-state index contributed by atoms with van der Waals surface area (Å²) in [5.74, 6) is -0.703. The fourth-order valence-corrected chi connectivity index (χ4v) is 3.96. The minimum Gasteiger partial charge on any atom is -0.589 e. The van der Waals surface area contributed by atoms with Gasteiger partial charge in [0.15, 0.2) is 0 Å². The van der Waals surface area contributed by atoms with Crippen molar-refractivity contribution in [3.63, 3.8) is 0 Å². The van der Waals surface area contributed by atoms with Crippen LogP contribution in [0.5, 0.6) is 0 Å². The zero-order chi connectivity index (χ0) is 21.7. The van der Waals surface area contributed by atoms with E-state index in [4.69, 9.17) is 7.58 Å². The van der Waals surface area contributed by atoms with Gasteiger partial charge in [0, 0.05) is 6.42 Å². The second-order valence-corrected chi connectivity index (χ2v) is 8.72. The molecule has 3 N–H and O–H groups in total. The van der Waals surface area contributed by atoms with Crippen molar-refractivity contribution in [3.8, 4) is 0 Å². The molecule has 0 unspecified atom stereocenters. The van der Waals surface area contributed by atoms with Crippen molar-refractivity contribution in [3.05, 3.63) is 35.9 Å². The van der Waals surface area contributed by atoms with Crippen LogP contribution < -0.4 is 0 Å². The molecule has 0 aliphatic carbocycles. The van der Waals surface area contributed by atoms with Crippen LogP contribution in [0.15, 0.2) is 30.3 Å². The maximum atomic E-state index is 11.7. The molecule has 175 valence electrons. The molecule has 1 radical (unpaired) electrons. The van der Waals surface area contributed by atoms with E-state index in [2.05, 4.69) is 6.92 Å². The first-order chi connectivity index (χ1) is 14.7. The van der Waals surface area contributed by atoms with E-state index in [1.807, 2.05) is 6.07 Å². The van der Waals surface area contributed by atoms with Crippen LogP contribution in [0.1, 0.15) is 120 Å². The quantitative estimate of drug-likeness (QED) is 0.141. The molecule has 1 aromatic rings. The molecule has 0 spiro atoms. The van der Waals surface area contributed by atoms with Gasteiger partial charge in [-0.25, -0.2) is 4.79 Å². The zero-order valence-electron chi connectivity index (χ0n) is 19.5. The average molecular weight is 451 g/mol. The minimum absolute atomic E-state index is 0. The first-order valence-corrected chi connectivity index (χ1v) is 13.0. The first-order valence-electron chi connectivity index (χ1n) is 12.0. The van der Waals surface area contributed by atoms with Gasteiger partial charge in [-0.2, -0.15) is 0 Å². The maximum absolute atomic E-state index is 11.7. The third-order valence-corrected chi connectivity index (χ3v) is 6.00. The van der Waals surface area contributed by atoms with E-state index >= 15 is 0 Å². The lowest BCUT2D eigenvalue weighted by Crippen LogP contribution is -2.16. The normalized spacial score (nSPS) is 10.2. The second-order valence-electron chi connectivity index (χ2n) is 8.06. The van der Waals surface area contributed by atoms with Crippen molar-refractivity contribution in [1.29, 1.82) is 0 Å². The number of benzene rings is 1. The van der Waals surface area contributed by atoms with Gasteiger partial charge in [-0.3, -0.25) is 4.79 Å². The number of hydrogen-bond donors (Lipinski definition) is 0. The molecule has 0 aromatic heterocycles. The zero-order valence-corrected chi connectivity index (χ0v) is 20.6. The summed E-state index contributed by atoms with van der Waals surface area (Å²) in [6.07, 6.45) is 19.9. The molecule has 6 heteroatoms. The van der Waals surface area contributed by atoms with Crippen LogP contribution in [-0.4, -0.2) is 27.8 Å². The number of hydrogen-bond acceptors (Lipinski definition) is 4. The Labute approximate surface area is 196 Å². The van der Waals surface area contributed by atoms with Crippen LogP contribution >= 0.6 is 0 Å². The highest BCUT2D eigenvalue weighted by molar-refractivity contribution is 6.27. The third-order valence-electron chi connectivity index (χ3n) is 5.33. The van der Waals surface area contributed by atoms with Gasteiger partial charge in [0.2, 0.25) is 0 Å². The molecule has 0 fully saturated rings. The summed E-state index contributed by atoms with van der Waals surface area (Å²) in [4.78, 5) is 23.4. The summed E-state index contributed by atoms with van der Waals surface area (Å²) >= 11 is -1.08. The van der Waals surface area contributed by atoms with Crippen molar-refractivity contribution in [1.82, 2.24) is 0 Å². The summed E-state index contributed by atoms with van der Waals surface area (Å²) in [6.45, 7) is 2.27. The Bertz CT molecular complexity index is 550. The topological polar surface area (TPSA) is 85.6 Å². The van der Waals surface area contributed by atoms with Gasteiger partial charge >= 0.3 is 21.9 Å². The molecule has 0 aliphatic heterocycles. The van der Waals surface area contributed by atoms with E-state index in [9.17, 15) is 9.59 Å². The number of carbonyl (C=O) groups excluding carboxylic acids is 2. The lowest BCUT2D eigenvalue weighted by atomic mass is 10.0. The maximum Gasteiger partial charge on any atom is 0.886 e. The fourth-order valence-electron chi connectivity index (χ4n) is 3.46. The molecule has 0 atom stereocenters. The molecule has 0 bridgehead atoms. The predicted octanol–water partition coefficient (Wildman–Crippen LogP) is 6.26. The Morgan fingerprint density at radius 3 is 1.61 bits per heavy atom. The van der Waals surface area contributed by atoms with Crippen molar-refractivity contribution in [2.75, 3.05) is 0 Å². The number of rotatable bonds is 19. The van der Waals surface area contributed by atoms with Crippen molar-refractivity contribution < 1.29 is 22.6 Å². The van der Waals surface area contributed by atoms with E-state index in [0.29, 0.717) is 12.0 Å². The Kier molecular flexibility index (Phi) is 20.9. The predicted molar refractivity (Wildman–Crippen MR) is 128 cm³/mol. The highest BCUT2D eigenvalue weighted by Gasteiger charge is 2.14. The number of carbonyl (C=O) groups is 2. The Morgan fingerprint density at radius 1 is 0.677 bits per heavy atom. The third kappa shape index (κ3) is 18.0. The van der Waals surface area contributed by atoms with Gasteiger partial charge < -0.3 is 13.1 Å². The minimum atomic E-state index is -1.08. The number of unbranched alkanes of at least 4 members (excludes halogenated alkanes) is 14. The van der Waals surface area contributed by atoms with E-state index in [0.717, 1.165) is 12.8 Å². The lowest BCUT2D eigenvalue weighted by molar-refractivity contribution is -0.135. The Balaban J connectivity index is 0.00000900. The Morgan fingerprint density at radius 2 is 1.13 bits per heavy atom. The van der Waals surface area contributed by atoms with E-state index in [1.165, 1.54) is 83.5 Å². The molecule has 0 heterocycles. The molecule has 5 nitrogen and oxygen atoms in total. The smallest absolute Gasteiger partial charge is 0.589 e. The SMILES string of the molecule is CCCCCCCCCCCCCCCCCC(=O)[O][Al][O]C(=O)c1ccccc1.[OH3+]. The molecule has 1 aromatic carbocycles. The fraction of sp³-hybridized carbons (Fsp3) is 0.680. The van der Waals surface area contributed by atoms with E-state index in [1.54, 1.807) is 24.3 Å². The Hall–Kier alpha value is -1.35. The van der Waals surface area contributed by atoms with Gasteiger partial charge in [-0.15, -0.1) is 0 Å². The standard InChI is InChI=1S/C18H36O2.C7H6O2.Al.H2O/c1-2-3-4-5-6-7-8-9-10-11-12-13-14-15-16-17-18(19)20;8-7(9)6-4-2-1-3-5-6;;/h2-17H2,1H3,(H,19,20);1-5H,(H,8,9);;1H2/q;;+2;/p-1. The van der Waals surface area contributed by atoms with Gasteiger partial charge in [0.25, 0.3) is 5.97 Å². The molecule has 0 saturated carbocycles. The lowest BCUT2D eigenvalue weighted by Gasteiger charge is -2.06. The van der Waals surface area contributed by atoms with Gasteiger partial charge in [-0.05, 0) is 18.6 Å². The molecule has 31 heavy (non-hydrogen) atoms. The average Bonchev–Trinajstić information content (AvgIpc) is 2.77. The van der Waals surface area contributed by atoms with Crippen LogP contribution in [0.2, 0.25) is 0 Å². The molecule has 1 rings (SSSR count). The summed E-state index contributed by atoms with van der Waals surface area (Å²) in [7, 11) is 0. The highest BCUT2D eigenvalue weighted by atomic mass is 27.2. The van der Waals surface area contributed by atoms with Crippen LogP contribution in [0.4, 0.5) is 0 Å². The van der Waals surface area contributed by atoms with Gasteiger partial charge in [0.05, 0.1) is 5.56 Å². The summed E-state index contributed by atoms with van der Waals surface area (Å²) in [5, 5.41) is 0. The molecular weight excluding hydrogens is 407 g/mol. The van der Waals surface area contributed by atoms with Gasteiger partial charge in [0.1, 0.15) is 0 Å². The molecule has 0 saturated heterocycles. The molecular formula is C25H43AlO5+. The van der Waals surface area contributed by atoms with E-state index < -0.39 is 21.9 Å². The first kappa shape index (κ1) is 29.7. The van der Waals surface area contributed by atoms with E-state index in [-0.39, 0.29) is 11.4 Å². The van der Waals surface area contributed by atoms with Crippen molar-refractivity contribution in [2.24, 2.45) is 0 Å². The summed E-state index contributed by atoms with van der Waals surface area (Å²) in [5.41, 5.74) is 0.475. The summed E-state index contributed by atoms with van der Waals surface area (Å²) in [6, 6.07) is 8.74. The van der Waals surface area contributed by atoms with Crippen LogP contribution in [0.25, 0.3) is 0 Å².